The van der Waals surface area contributed by atoms with Gasteiger partial charge >= 0.3 is 0 Å². The van der Waals surface area contributed by atoms with Crippen LogP contribution < -0.4 is 0 Å². The van der Waals surface area contributed by atoms with Crippen molar-refractivity contribution in [1.82, 2.24) is 0 Å². The van der Waals surface area contributed by atoms with Crippen molar-refractivity contribution in [2.75, 3.05) is 0 Å². The van der Waals surface area contributed by atoms with Crippen LogP contribution in [0, 0.1) is 0 Å². The summed E-state index contributed by atoms with van der Waals surface area (Å²) in [6.07, 6.45) is 0. The van der Waals surface area contributed by atoms with Crippen LogP contribution in [0.25, 0.3) is 88.3 Å². The van der Waals surface area contributed by atoms with Crippen LogP contribution in [0.15, 0.2) is 206 Å². The maximum Gasteiger partial charge on any atom is -0.00262 e. The molecule has 0 bridgehead atoms. The van der Waals surface area contributed by atoms with Gasteiger partial charge in [0.1, 0.15) is 0 Å². The molecule has 0 aliphatic heterocycles. The van der Waals surface area contributed by atoms with E-state index >= 15 is 0 Å². The van der Waals surface area contributed by atoms with Crippen LogP contribution in [0.5, 0.6) is 0 Å². The van der Waals surface area contributed by atoms with E-state index in [1.54, 1.807) is 0 Å². The van der Waals surface area contributed by atoms with Gasteiger partial charge in [-0.05, 0) is 107 Å². The maximum atomic E-state index is 2.36. The fourth-order valence-electron chi connectivity index (χ4n) is 7.45. The van der Waals surface area contributed by atoms with E-state index in [0.29, 0.717) is 0 Å². The van der Waals surface area contributed by atoms with Crippen LogP contribution in [-0.2, 0) is 0 Å². The van der Waals surface area contributed by atoms with Crippen molar-refractivity contribution in [3.8, 4) is 66.8 Å². The SMILES string of the molecule is c1ccc(-c2ccc(-c3cccc(-c4c5ccccc5c(-c5cccc(-c6cccc(-c7ccccc7)c6)c5)c5ccccc45)c3)cc2)cc1. The second kappa shape index (κ2) is 12.8. The van der Waals surface area contributed by atoms with Gasteiger partial charge in [0.15, 0.2) is 0 Å². The highest BCUT2D eigenvalue weighted by Crippen LogP contribution is 2.45. The Labute approximate surface area is 293 Å². The molecule has 0 aliphatic carbocycles. The van der Waals surface area contributed by atoms with E-state index in [4.69, 9.17) is 0 Å². The van der Waals surface area contributed by atoms with E-state index in [2.05, 4.69) is 206 Å². The molecule has 234 valence electrons. The summed E-state index contributed by atoms with van der Waals surface area (Å²) in [5.74, 6) is 0. The van der Waals surface area contributed by atoms with Crippen LogP contribution in [0.4, 0.5) is 0 Å². The molecule has 0 aromatic heterocycles. The minimum atomic E-state index is 1.21. The summed E-state index contributed by atoms with van der Waals surface area (Å²) in [4.78, 5) is 0. The first-order chi connectivity index (χ1) is 24.8. The molecule has 0 spiro atoms. The Balaban J connectivity index is 1.17. The van der Waals surface area contributed by atoms with Crippen molar-refractivity contribution in [3.05, 3.63) is 206 Å². The molecule has 9 rings (SSSR count). The largest absolute Gasteiger partial charge is 0.0622 e. The highest BCUT2D eigenvalue weighted by atomic mass is 14.2. The maximum absolute atomic E-state index is 2.36. The first kappa shape index (κ1) is 29.6. The Bertz CT molecular complexity index is 2560. The third-order valence-corrected chi connectivity index (χ3v) is 9.86. The van der Waals surface area contributed by atoms with E-state index < -0.39 is 0 Å². The molecule has 50 heavy (non-hydrogen) atoms. The van der Waals surface area contributed by atoms with Crippen LogP contribution >= 0.6 is 0 Å². The topological polar surface area (TPSA) is 0 Å². The molecular weight excluding hydrogens is 601 g/mol. The summed E-state index contributed by atoms with van der Waals surface area (Å²) in [7, 11) is 0. The van der Waals surface area contributed by atoms with Gasteiger partial charge in [0.25, 0.3) is 0 Å². The summed E-state index contributed by atoms with van der Waals surface area (Å²) >= 11 is 0. The lowest BCUT2D eigenvalue weighted by atomic mass is 9.85. The Hall–Kier alpha value is -6.50. The average Bonchev–Trinajstić information content (AvgIpc) is 3.21. The molecule has 0 heteroatoms. The highest BCUT2D eigenvalue weighted by molar-refractivity contribution is 6.21. The molecular formula is C50H34. The predicted octanol–water partition coefficient (Wildman–Crippen LogP) is 14.0. The number of benzene rings is 9. The van der Waals surface area contributed by atoms with Crippen molar-refractivity contribution in [3.63, 3.8) is 0 Å². The Morgan fingerprint density at radius 3 is 0.800 bits per heavy atom. The van der Waals surface area contributed by atoms with Crippen LogP contribution in [0.1, 0.15) is 0 Å². The van der Waals surface area contributed by atoms with Gasteiger partial charge in [-0.3, -0.25) is 0 Å². The zero-order valence-electron chi connectivity index (χ0n) is 27.6. The second-order valence-corrected chi connectivity index (χ2v) is 12.9. The highest BCUT2D eigenvalue weighted by Gasteiger charge is 2.17. The first-order valence-corrected chi connectivity index (χ1v) is 17.3. The molecule has 0 amide bonds. The van der Waals surface area contributed by atoms with Gasteiger partial charge in [-0.1, -0.05) is 188 Å². The van der Waals surface area contributed by atoms with Crippen molar-refractivity contribution in [2.45, 2.75) is 0 Å². The van der Waals surface area contributed by atoms with Gasteiger partial charge in [-0.15, -0.1) is 0 Å². The molecule has 0 unspecified atom stereocenters. The normalized spacial score (nSPS) is 11.2. The van der Waals surface area contributed by atoms with Crippen molar-refractivity contribution < 1.29 is 0 Å². The van der Waals surface area contributed by atoms with Crippen LogP contribution in [0.3, 0.4) is 0 Å². The predicted molar refractivity (Wildman–Crippen MR) is 214 cm³/mol. The summed E-state index contributed by atoms with van der Waals surface area (Å²) in [6.45, 7) is 0. The summed E-state index contributed by atoms with van der Waals surface area (Å²) in [6, 6.07) is 74.9. The van der Waals surface area contributed by atoms with Crippen molar-refractivity contribution in [2.24, 2.45) is 0 Å². The number of hydrogen-bond donors (Lipinski definition) is 0. The fourth-order valence-corrected chi connectivity index (χ4v) is 7.45. The van der Waals surface area contributed by atoms with Crippen molar-refractivity contribution in [1.29, 1.82) is 0 Å². The fraction of sp³-hybridized carbons (Fsp3) is 0. The summed E-state index contributed by atoms with van der Waals surface area (Å²) in [5.41, 5.74) is 14.8. The van der Waals surface area contributed by atoms with Crippen LogP contribution in [-0.4, -0.2) is 0 Å². The van der Waals surface area contributed by atoms with Crippen LogP contribution in [0.2, 0.25) is 0 Å². The zero-order valence-corrected chi connectivity index (χ0v) is 27.6. The van der Waals surface area contributed by atoms with Gasteiger partial charge < -0.3 is 0 Å². The van der Waals surface area contributed by atoms with E-state index in [-0.39, 0.29) is 0 Å². The van der Waals surface area contributed by atoms with Gasteiger partial charge in [-0.25, -0.2) is 0 Å². The minimum Gasteiger partial charge on any atom is -0.0622 e. The standard InChI is InChI=1S/C50H34/c1-3-14-35(15-4-1)37-28-30-38(31-29-37)40-19-12-22-43(33-40)49-45-24-7-9-26-47(45)50(48-27-10-8-25-46(48)49)44-23-13-21-42(34-44)41-20-11-18-39(32-41)36-16-5-2-6-17-36/h1-34H. The molecule has 0 heterocycles. The molecule has 0 atom stereocenters. The first-order valence-electron chi connectivity index (χ1n) is 17.3. The van der Waals surface area contributed by atoms with Crippen molar-refractivity contribution >= 4 is 21.5 Å². The average molecular weight is 635 g/mol. The van der Waals surface area contributed by atoms with Gasteiger partial charge in [0.2, 0.25) is 0 Å². The Morgan fingerprint density at radius 1 is 0.160 bits per heavy atom. The summed E-state index contributed by atoms with van der Waals surface area (Å²) < 4.78 is 0. The quantitative estimate of drug-likeness (QED) is 0.160. The van der Waals surface area contributed by atoms with Gasteiger partial charge in [0.05, 0.1) is 0 Å². The summed E-state index contributed by atoms with van der Waals surface area (Å²) in [5, 5.41) is 5.03. The molecule has 0 aliphatic rings. The van der Waals surface area contributed by atoms with Gasteiger partial charge in [0, 0.05) is 0 Å². The molecule has 0 saturated carbocycles. The lowest BCUT2D eigenvalue weighted by Crippen LogP contribution is -1.91. The Morgan fingerprint density at radius 2 is 0.400 bits per heavy atom. The molecule has 0 N–H and O–H groups in total. The third-order valence-electron chi connectivity index (χ3n) is 9.86. The van der Waals surface area contributed by atoms with E-state index in [9.17, 15) is 0 Å². The van der Waals surface area contributed by atoms with Gasteiger partial charge in [-0.2, -0.15) is 0 Å². The smallest absolute Gasteiger partial charge is 0.00262 e. The van der Waals surface area contributed by atoms with E-state index in [1.807, 2.05) is 0 Å². The molecule has 0 nitrogen and oxygen atoms in total. The minimum absolute atomic E-state index is 1.21. The van der Waals surface area contributed by atoms with E-state index in [0.717, 1.165) is 0 Å². The van der Waals surface area contributed by atoms with E-state index in [1.165, 1.54) is 88.3 Å². The molecule has 9 aromatic rings. The molecule has 0 fully saturated rings. The molecule has 0 radical (unpaired) electrons. The third kappa shape index (κ3) is 5.48. The molecule has 0 saturated heterocycles. The monoisotopic (exact) mass is 634 g/mol. The number of fused-ring (bicyclic) bond motifs is 2. The number of hydrogen-bond acceptors (Lipinski definition) is 0. The molecule has 9 aromatic carbocycles. The Kier molecular flexibility index (Phi) is 7.61. The lowest BCUT2D eigenvalue weighted by molar-refractivity contribution is 1.58. The second-order valence-electron chi connectivity index (χ2n) is 12.9. The lowest BCUT2D eigenvalue weighted by Gasteiger charge is -2.18. The zero-order chi connectivity index (χ0) is 33.3. The number of rotatable bonds is 6.